The number of rotatable bonds is 11. The number of aromatic amines is 1. The van der Waals surface area contributed by atoms with E-state index >= 15 is 8.78 Å². The third-order valence-corrected chi connectivity index (χ3v) is 7.62. The summed E-state index contributed by atoms with van der Waals surface area (Å²) < 4.78 is 104. The smallest absolute Gasteiger partial charge is 0.497 e. The molecule has 228 valence electrons. The Kier molecular flexibility index (Phi) is 8.94. The van der Waals surface area contributed by atoms with Gasteiger partial charge in [0.15, 0.2) is 11.7 Å². The highest BCUT2D eigenvalue weighted by Crippen LogP contribution is 2.55. The number of H-pyrrole nitrogens is 1. The van der Waals surface area contributed by atoms with Gasteiger partial charge in [-0.2, -0.15) is 8.78 Å². The Morgan fingerprint density at radius 3 is 1.93 bits per heavy atom. The van der Waals surface area contributed by atoms with Gasteiger partial charge < -0.3 is 28.4 Å². The molecule has 0 aliphatic carbocycles. The zero-order valence-corrected chi connectivity index (χ0v) is 23.2. The predicted octanol–water partition coefficient (Wildman–Crippen LogP) is 4.02. The van der Waals surface area contributed by atoms with Gasteiger partial charge in [0, 0.05) is 6.20 Å². The lowest BCUT2D eigenvalue weighted by Gasteiger charge is -2.31. The third-order valence-electron chi connectivity index (χ3n) is 6.04. The Morgan fingerprint density at radius 2 is 1.48 bits per heavy atom. The average molecular weight is 641 g/mol. The van der Waals surface area contributed by atoms with E-state index in [1.54, 1.807) is 4.98 Å². The molecule has 0 amide bonds. The SMILES string of the molecule is COc1ccc(OP(=O)(OC[C@]2(C(F)F)O[C@H](n3cc(Cl)c(=O)[nH]c3=O)C(F)(F)C2O)Oc2ccc(OC)cc2)cc1. The van der Waals surface area contributed by atoms with Crippen LogP contribution < -0.4 is 29.8 Å². The van der Waals surface area contributed by atoms with Gasteiger partial charge in [-0.3, -0.25) is 18.9 Å². The molecule has 2 heterocycles. The van der Waals surface area contributed by atoms with Crippen molar-refractivity contribution in [3.8, 4) is 23.0 Å². The van der Waals surface area contributed by atoms with Crippen LogP contribution in [0.1, 0.15) is 6.23 Å². The number of aliphatic hydroxyl groups is 1. The number of nitrogens with zero attached hydrogens (tertiary/aromatic N) is 1. The summed E-state index contributed by atoms with van der Waals surface area (Å²) >= 11 is 5.62. The van der Waals surface area contributed by atoms with E-state index in [-0.39, 0.29) is 16.1 Å². The van der Waals surface area contributed by atoms with E-state index in [1.807, 2.05) is 0 Å². The zero-order valence-electron chi connectivity index (χ0n) is 21.5. The summed E-state index contributed by atoms with van der Waals surface area (Å²) in [7, 11) is -2.26. The van der Waals surface area contributed by atoms with Crippen LogP contribution in [0.15, 0.2) is 64.3 Å². The number of aliphatic hydroxyl groups excluding tert-OH is 1. The maximum Gasteiger partial charge on any atom is 0.587 e. The van der Waals surface area contributed by atoms with Crippen molar-refractivity contribution < 1.29 is 55.0 Å². The lowest BCUT2D eigenvalue weighted by atomic mass is 9.96. The molecule has 1 aliphatic heterocycles. The van der Waals surface area contributed by atoms with Crippen molar-refractivity contribution in [1.82, 2.24) is 9.55 Å². The van der Waals surface area contributed by atoms with Crippen LogP contribution in [0.3, 0.4) is 0 Å². The minimum atomic E-state index is -5.02. The van der Waals surface area contributed by atoms with E-state index in [9.17, 15) is 28.0 Å². The monoisotopic (exact) mass is 640 g/mol. The largest absolute Gasteiger partial charge is 0.587 e. The van der Waals surface area contributed by atoms with E-state index < -0.39 is 61.0 Å². The Bertz CT molecular complexity index is 1520. The summed E-state index contributed by atoms with van der Waals surface area (Å²) in [4.78, 5) is 25.4. The number of alkyl halides is 4. The number of ether oxygens (including phenoxy) is 3. The second-order valence-corrected chi connectivity index (χ2v) is 10.6. The second kappa shape index (κ2) is 12.0. The lowest BCUT2D eigenvalue weighted by molar-refractivity contribution is -0.193. The van der Waals surface area contributed by atoms with Gasteiger partial charge in [0.2, 0.25) is 6.23 Å². The molecule has 12 nitrogen and oxygen atoms in total. The fourth-order valence-electron chi connectivity index (χ4n) is 3.82. The summed E-state index contributed by atoms with van der Waals surface area (Å²) in [6, 6.07) is 10.7. The fraction of sp³-hybridized carbons (Fsp3) is 0.333. The molecule has 42 heavy (non-hydrogen) atoms. The average Bonchev–Trinajstić information content (AvgIpc) is 3.16. The first-order chi connectivity index (χ1) is 19.7. The van der Waals surface area contributed by atoms with Gasteiger partial charge in [-0.05, 0) is 48.5 Å². The normalized spacial score (nSPS) is 21.7. The van der Waals surface area contributed by atoms with Crippen LogP contribution in [-0.4, -0.2) is 59.5 Å². The van der Waals surface area contributed by atoms with Crippen LogP contribution in [-0.2, 0) is 13.8 Å². The van der Waals surface area contributed by atoms with Gasteiger partial charge in [-0.25, -0.2) is 18.1 Å². The first kappa shape index (κ1) is 31.4. The number of benzene rings is 2. The molecule has 1 aliphatic rings. The van der Waals surface area contributed by atoms with Crippen LogP contribution in [0.25, 0.3) is 0 Å². The van der Waals surface area contributed by atoms with Crippen LogP contribution in [0.4, 0.5) is 17.6 Å². The maximum absolute atomic E-state index is 15.2. The van der Waals surface area contributed by atoms with Gasteiger partial charge >= 0.3 is 19.4 Å². The fourth-order valence-corrected chi connectivity index (χ4v) is 5.23. The second-order valence-electron chi connectivity index (χ2n) is 8.70. The first-order valence-corrected chi connectivity index (χ1v) is 13.5. The molecule has 4 rings (SSSR count). The highest BCUT2D eigenvalue weighted by atomic mass is 35.5. The molecule has 2 aromatic carbocycles. The van der Waals surface area contributed by atoms with Crippen molar-refractivity contribution >= 4 is 19.4 Å². The van der Waals surface area contributed by atoms with Crippen molar-refractivity contribution in [3.63, 3.8) is 0 Å². The van der Waals surface area contributed by atoms with E-state index in [1.165, 1.54) is 62.8 Å². The van der Waals surface area contributed by atoms with Gasteiger partial charge in [0.1, 0.15) is 28.0 Å². The topological polar surface area (TPSA) is 148 Å². The number of hydrogen-bond donors (Lipinski definition) is 2. The van der Waals surface area contributed by atoms with Gasteiger partial charge in [-0.15, -0.1) is 0 Å². The molecular weight excluding hydrogens is 619 g/mol. The molecule has 1 unspecified atom stereocenters. The molecule has 3 aromatic rings. The number of hydrogen-bond acceptors (Lipinski definition) is 10. The zero-order chi connectivity index (χ0) is 30.9. The quantitative estimate of drug-likeness (QED) is 0.233. The van der Waals surface area contributed by atoms with E-state index in [4.69, 9.17) is 39.4 Å². The number of phosphoric acid groups is 1. The standard InChI is InChI=1S/C24H22ClF4N2O10P/c1-36-13-3-7-15(8-4-13)40-42(35,41-16-9-5-14(37-2)6-10-16)38-12-23(20(26)27)19(33)24(28,29)21(39-23)31-11-17(25)18(32)30-22(31)34/h3-11,19-21,33H,12H2,1-2H3,(H,30,32,34)/t19?,21-,23-/m0/s1. The summed E-state index contributed by atoms with van der Waals surface area (Å²) in [6.07, 6.45) is -9.70. The highest BCUT2D eigenvalue weighted by molar-refractivity contribution is 7.49. The molecule has 1 saturated heterocycles. The summed E-state index contributed by atoms with van der Waals surface area (Å²) in [5.41, 5.74) is -6.22. The Morgan fingerprint density at radius 1 is 1.00 bits per heavy atom. The molecule has 3 atom stereocenters. The van der Waals surface area contributed by atoms with E-state index in [0.29, 0.717) is 17.7 Å². The molecular formula is C24H22ClF4N2O10P. The number of phosphoric ester groups is 1. The van der Waals surface area contributed by atoms with Crippen molar-refractivity contribution in [2.75, 3.05) is 20.8 Å². The van der Waals surface area contributed by atoms with Crippen molar-refractivity contribution in [2.45, 2.75) is 30.3 Å². The lowest BCUT2D eigenvalue weighted by Crippen LogP contribution is -2.54. The molecule has 1 fully saturated rings. The molecule has 0 saturated carbocycles. The van der Waals surface area contributed by atoms with Crippen molar-refractivity contribution in [3.05, 3.63) is 80.6 Å². The van der Waals surface area contributed by atoms with Crippen molar-refractivity contribution in [1.29, 1.82) is 0 Å². The summed E-state index contributed by atoms with van der Waals surface area (Å²) in [5.74, 6) is -4.16. The highest BCUT2D eigenvalue weighted by Gasteiger charge is 2.71. The van der Waals surface area contributed by atoms with Crippen LogP contribution in [0.5, 0.6) is 23.0 Å². The van der Waals surface area contributed by atoms with Crippen molar-refractivity contribution in [2.24, 2.45) is 0 Å². The number of methoxy groups -OCH3 is 2. The summed E-state index contributed by atoms with van der Waals surface area (Å²) in [6.45, 7) is -1.69. The third kappa shape index (κ3) is 6.13. The number of aromatic nitrogens is 2. The molecule has 0 bridgehead atoms. The van der Waals surface area contributed by atoms with E-state index in [2.05, 4.69) is 0 Å². The molecule has 1 aromatic heterocycles. The summed E-state index contributed by atoms with van der Waals surface area (Å²) in [5, 5.41) is 9.67. The van der Waals surface area contributed by atoms with Crippen LogP contribution in [0, 0.1) is 0 Å². The Hall–Kier alpha value is -3.56. The first-order valence-electron chi connectivity index (χ1n) is 11.7. The molecule has 0 spiro atoms. The minimum Gasteiger partial charge on any atom is -0.497 e. The van der Waals surface area contributed by atoms with Gasteiger partial charge in [-0.1, -0.05) is 11.6 Å². The minimum absolute atomic E-state index is 0.0262. The molecule has 0 radical (unpaired) electrons. The molecule has 2 N–H and O–H groups in total. The predicted molar refractivity (Wildman–Crippen MR) is 137 cm³/mol. The Labute approximate surface area is 238 Å². The Balaban J connectivity index is 1.69. The number of nitrogens with one attached hydrogen (secondary N) is 1. The van der Waals surface area contributed by atoms with Crippen LogP contribution >= 0.6 is 19.4 Å². The van der Waals surface area contributed by atoms with Gasteiger partial charge in [0.25, 0.3) is 12.0 Å². The van der Waals surface area contributed by atoms with E-state index in [0.717, 1.165) is 0 Å². The molecule has 18 heteroatoms. The van der Waals surface area contributed by atoms with Gasteiger partial charge in [0.05, 0.1) is 20.8 Å². The maximum atomic E-state index is 15.2. The number of halogens is 5. The van der Waals surface area contributed by atoms with Crippen LogP contribution in [0.2, 0.25) is 5.02 Å².